The molecule has 0 aliphatic rings. The summed E-state index contributed by atoms with van der Waals surface area (Å²) in [5.41, 5.74) is 4.39. The number of hydrogen-bond acceptors (Lipinski definition) is 2. The van der Waals surface area contributed by atoms with E-state index in [9.17, 15) is 5.11 Å². The molecule has 0 aliphatic carbocycles. The summed E-state index contributed by atoms with van der Waals surface area (Å²) in [6.45, 7) is 7.84. The van der Waals surface area contributed by atoms with Gasteiger partial charge in [-0.25, -0.2) is 0 Å². The third-order valence-electron chi connectivity index (χ3n) is 3.52. The van der Waals surface area contributed by atoms with Crippen LogP contribution in [-0.2, 0) is 6.54 Å². The molecule has 0 atom stereocenters. The van der Waals surface area contributed by atoms with Gasteiger partial charge < -0.3 is 10.0 Å². The van der Waals surface area contributed by atoms with Gasteiger partial charge in [0.1, 0.15) is 5.75 Å². The largest absolute Gasteiger partial charge is 0.507 e. The van der Waals surface area contributed by atoms with Gasteiger partial charge in [0, 0.05) is 24.3 Å². The first-order chi connectivity index (χ1) is 9.13. The fourth-order valence-corrected chi connectivity index (χ4v) is 2.34. The SMILES string of the molecule is CCN(Cc1cccc(C)c1O)c1ccccc1C. The number of nitrogens with zero attached hydrogens (tertiary/aromatic N) is 1. The van der Waals surface area contributed by atoms with Crippen molar-refractivity contribution in [2.75, 3.05) is 11.4 Å². The highest BCUT2D eigenvalue weighted by Gasteiger charge is 2.11. The molecule has 0 aromatic heterocycles. The van der Waals surface area contributed by atoms with Gasteiger partial charge >= 0.3 is 0 Å². The van der Waals surface area contributed by atoms with E-state index >= 15 is 0 Å². The topological polar surface area (TPSA) is 23.5 Å². The molecular weight excluding hydrogens is 234 g/mol. The molecule has 0 saturated carbocycles. The Labute approximate surface area is 115 Å². The second kappa shape index (κ2) is 5.79. The predicted octanol–water partition coefficient (Wildman–Crippen LogP) is 4.04. The van der Waals surface area contributed by atoms with Crippen molar-refractivity contribution in [3.8, 4) is 5.75 Å². The summed E-state index contributed by atoms with van der Waals surface area (Å²) in [7, 11) is 0. The zero-order chi connectivity index (χ0) is 13.8. The van der Waals surface area contributed by atoms with E-state index in [0.717, 1.165) is 24.2 Å². The van der Waals surface area contributed by atoms with Crippen LogP contribution in [0.1, 0.15) is 23.6 Å². The molecule has 2 heteroatoms. The van der Waals surface area contributed by atoms with Crippen LogP contribution in [0.25, 0.3) is 0 Å². The van der Waals surface area contributed by atoms with E-state index in [0.29, 0.717) is 5.75 Å². The maximum absolute atomic E-state index is 10.1. The van der Waals surface area contributed by atoms with Crippen molar-refractivity contribution < 1.29 is 5.11 Å². The van der Waals surface area contributed by atoms with Crippen LogP contribution in [0.4, 0.5) is 5.69 Å². The van der Waals surface area contributed by atoms with Crippen LogP contribution in [0, 0.1) is 13.8 Å². The Bertz CT molecular complexity index is 563. The number of hydrogen-bond donors (Lipinski definition) is 1. The molecule has 2 nitrogen and oxygen atoms in total. The molecule has 0 radical (unpaired) electrons. The van der Waals surface area contributed by atoms with Gasteiger partial charge in [0.25, 0.3) is 0 Å². The monoisotopic (exact) mass is 255 g/mol. The average molecular weight is 255 g/mol. The van der Waals surface area contributed by atoms with Gasteiger partial charge in [-0.3, -0.25) is 0 Å². The van der Waals surface area contributed by atoms with Crippen molar-refractivity contribution in [2.45, 2.75) is 27.3 Å². The Kier molecular flexibility index (Phi) is 4.10. The van der Waals surface area contributed by atoms with E-state index in [1.54, 1.807) is 0 Å². The predicted molar refractivity (Wildman–Crippen MR) is 80.7 cm³/mol. The van der Waals surface area contributed by atoms with E-state index in [4.69, 9.17) is 0 Å². The number of aryl methyl sites for hydroxylation is 2. The summed E-state index contributed by atoms with van der Waals surface area (Å²) in [6, 6.07) is 14.3. The molecule has 0 saturated heterocycles. The van der Waals surface area contributed by atoms with Crippen molar-refractivity contribution in [3.05, 3.63) is 59.2 Å². The Morgan fingerprint density at radius 3 is 2.32 bits per heavy atom. The minimum absolute atomic E-state index is 0.412. The van der Waals surface area contributed by atoms with Gasteiger partial charge in [-0.15, -0.1) is 0 Å². The lowest BCUT2D eigenvalue weighted by molar-refractivity contribution is 0.463. The Balaban J connectivity index is 2.30. The lowest BCUT2D eigenvalue weighted by Gasteiger charge is -2.25. The molecule has 2 aromatic carbocycles. The number of aromatic hydroxyl groups is 1. The Morgan fingerprint density at radius 1 is 0.947 bits per heavy atom. The van der Waals surface area contributed by atoms with E-state index in [2.05, 4.69) is 43.0 Å². The standard InChI is InChI=1S/C17H21NO/c1-4-18(16-11-6-5-8-13(16)2)12-15-10-7-9-14(3)17(15)19/h5-11,19H,4,12H2,1-3H3. The minimum Gasteiger partial charge on any atom is -0.507 e. The van der Waals surface area contributed by atoms with Gasteiger partial charge in [-0.2, -0.15) is 0 Å². The molecule has 0 unspecified atom stereocenters. The van der Waals surface area contributed by atoms with Crippen LogP contribution >= 0.6 is 0 Å². The summed E-state index contributed by atoms with van der Waals surface area (Å²) in [5.74, 6) is 0.412. The molecular formula is C17H21NO. The molecule has 100 valence electrons. The summed E-state index contributed by atoms with van der Waals surface area (Å²) >= 11 is 0. The molecule has 0 bridgehead atoms. The molecule has 1 N–H and O–H groups in total. The number of rotatable bonds is 4. The minimum atomic E-state index is 0.412. The van der Waals surface area contributed by atoms with Crippen molar-refractivity contribution in [1.82, 2.24) is 0 Å². The van der Waals surface area contributed by atoms with Crippen molar-refractivity contribution in [2.24, 2.45) is 0 Å². The molecule has 19 heavy (non-hydrogen) atoms. The van der Waals surface area contributed by atoms with Gasteiger partial charge in [-0.1, -0.05) is 36.4 Å². The van der Waals surface area contributed by atoms with Gasteiger partial charge in [0.15, 0.2) is 0 Å². The normalized spacial score (nSPS) is 10.5. The van der Waals surface area contributed by atoms with Gasteiger partial charge in [0.05, 0.1) is 0 Å². The second-order valence-electron chi connectivity index (χ2n) is 4.88. The summed E-state index contributed by atoms with van der Waals surface area (Å²) in [5, 5.41) is 10.1. The quantitative estimate of drug-likeness (QED) is 0.891. The summed E-state index contributed by atoms with van der Waals surface area (Å²) in [6.07, 6.45) is 0. The number of phenolic OH excluding ortho intramolecular Hbond substituents is 1. The zero-order valence-electron chi connectivity index (χ0n) is 11.9. The first-order valence-corrected chi connectivity index (χ1v) is 6.71. The van der Waals surface area contributed by atoms with Gasteiger partial charge in [-0.05, 0) is 38.0 Å². The number of anilines is 1. The number of benzene rings is 2. The van der Waals surface area contributed by atoms with Crippen LogP contribution < -0.4 is 4.90 Å². The molecule has 0 amide bonds. The van der Waals surface area contributed by atoms with Crippen LogP contribution in [0.3, 0.4) is 0 Å². The highest BCUT2D eigenvalue weighted by molar-refractivity contribution is 5.54. The number of phenols is 1. The highest BCUT2D eigenvalue weighted by Crippen LogP contribution is 2.26. The first kappa shape index (κ1) is 13.5. The van der Waals surface area contributed by atoms with Crippen LogP contribution in [0.15, 0.2) is 42.5 Å². The lowest BCUT2D eigenvalue weighted by atomic mass is 10.1. The maximum Gasteiger partial charge on any atom is 0.123 e. The maximum atomic E-state index is 10.1. The van der Waals surface area contributed by atoms with Crippen molar-refractivity contribution in [1.29, 1.82) is 0 Å². The van der Waals surface area contributed by atoms with Gasteiger partial charge in [0.2, 0.25) is 0 Å². The molecule has 2 rings (SSSR count). The lowest BCUT2D eigenvalue weighted by Crippen LogP contribution is -2.22. The Morgan fingerprint density at radius 2 is 1.63 bits per heavy atom. The van der Waals surface area contributed by atoms with E-state index in [1.807, 2.05) is 25.1 Å². The van der Waals surface area contributed by atoms with E-state index in [-0.39, 0.29) is 0 Å². The second-order valence-corrected chi connectivity index (χ2v) is 4.88. The Hall–Kier alpha value is -1.96. The van der Waals surface area contributed by atoms with Crippen LogP contribution in [0.5, 0.6) is 5.75 Å². The third-order valence-corrected chi connectivity index (χ3v) is 3.52. The molecule has 0 aliphatic heterocycles. The fourth-order valence-electron chi connectivity index (χ4n) is 2.34. The van der Waals surface area contributed by atoms with E-state index < -0.39 is 0 Å². The zero-order valence-corrected chi connectivity index (χ0v) is 11.9. The van der Waals surface area contributed by atoms with Crippen molar-refractivity contribution in [3.63, 3.8) is 0 Å². The van der Waals surface area contributed by atoms with Crippen LogP contribution in [-0.4, -0.2) is 11.7 Å². The number of para-hydroxylation sites is 2. The molecule has 0 spiro atoms. The third kappa shape index (κ3) is 2.90. The first-order valence-electron chi connectivity index (χ1n) is 6.71. The highest BCUT2D eigenvalue weighted by atomic mass is 16.3. The summed E-state index contributed by atoms with van der Waals surface area (Å²) < 4.78 is 0. The average Bonchev–Trinajstić information content (AvgIpc) is 2.41. The molecule has 2 aromatic rings. The van der Waals surface area contributed by atoms with Crippen molar-refractivity contribution >= 4 is 5.69 Å². The molecule has 0 heterocycles. The van der Waals surface area contributed by atoms with E-state index in [1.165, 1.54) is 11.3 Å². The smallest absolute Gasteiger partial charge is 0.123 e. The fraction of sp³-hybridized carbons (Fsp3) is 0.294. The molecule has 0 fully saturated rings. The summed E-state index contributed by atoms with van der Waals surface area (Å²) in [4.78, 5) is 2.28. The van der Waals surface area contributed by atoms with Crippen LogP contribution in [0.2, 0.25) is 0 Å².